The minimum atomic E-state index is -0.355. The molecule has 4 heteroatoms. The molecule has 0 spiro atoms. The maximum absolute atomic E-state index is 11.1. The molecule has 2 aromatic carbocycles. The lowest BCUT2D eigenvalue weighted by atomic mass is 10.00. The van der Waals surface area contributed by atoms with E-state index >= 15 is 0 Å². The summed E-state index contributed by atoms with van der Waals surface area (Å²) in [5, 5.41) is 11.1. The molecule has 0 fully saturated rings. The number of rotatable bonds is 3. The molecule has 0 radical (unpaired) electrons. The third kappa shape index (κ3) is 2.65. The molecular weight excluding hydrogens is 264 g/mol. The molecule has 0 atom stereocenters. The van der Waals surface area contributed by atoms with Crippen LogP contribution in [0, 0.1) is 10.1 Å². The zero-order valence-electron chi connectivity index (χ0n) is 11.1. The van der Waals surface area contributed by atoms with Crippen molar-refractivity contribution in [2.45, 2.75) is 0 Å². The average Bonchev–Trinajstić information content (AvgIpc) is 2.56. The molecule has 21 heavy (non-hydrogen) atoms. The molecule has 0 aliphatic heterocycles. The van der Waals surface area contributed by atoms with Gasteiger partial charge < -0.3 is 0 Å². The predicted molar refractivity (Wildman–Crippen MR) is 81.8 cm³/mol. The van der Waals surface area contributed by atoms with E-state index in [0.717, 1.165) is 16.7 Å². The number of hydrogen-bond donors (Lipinski definition) is 0. The van der Waals surface area contributed by atoms with Crippen LogP contribution in [0.1, 0.15) is 0 Å². The van der Waals surface area contributed by atoms with Gasteiger partial charge in [0, 0.05) is 18.5 Å². The SMILES string of the molecule is O=[N+]([O-])c1ccccc1-c1ccc(-c2ccncc2)cc1. The zero-order valence-corrected chi connectivity index (χ0v) is 11.1. The minimum Gasteiger partial charge on any atom is -0.265 e. The number of nitrogens with zero attached hydrogens (tertiary/aromatic N) is 2. The van der Waals surface area contributed by atoms with Crippen molar-refractivity contribution in [2.24, 2.45) is 0 Å². The molecule has 4 nitrogen and oxygen atoms in total. The van der Waals surface area contributed by atoms with Crippen LogP contribution < -0.4 is 0 Å². The summed E-state index contributed by atoms with van der Waals surface area (Å²) < 4.78 is 0. The largest absolute Gasteiger partial charge is 0.277 e. The van der Waals surface area contributed by atoms with Gasteiger partial charge in [0.15, 0.2) is 0 Å². The molecule has 0 aliphatic carbocycles. The highest BCUT2D eigenvalue weighted by Crippen LogP contribution is 2.30. The first-order valence-corrected chi connectivity index (χ1v) is 6.50. The summed E-state index contributed by atoms with van der Waals surface area (Å²) in [5.41, 5.74) is 3.71. The summed E-state index contributed by atoms with van der Waals surface area (Å²) in [5.74, 6) is 0. The number of para-hydroxylation sites is 1. The topological polar surface area (TPSA) is 56.0 Å². The van der Waals surface area contributed by atoms with Gasteiger partial charge in [-0.1, -0.05) is 36.4 Å². The standard InChI is InChI=1S/C17H12N2O2/c20-19(21)17-4-2-1-3-16(17)15-7-5-13(6-8-15)14-9-11-18-12-10-14/h1-12H. The second-order valence-corrected chi connectivity index (χ2v) is 4.59. The molecule has 0 amide bonds. The van der Waals surface area contributed by atoms with Crippen molar-refractivity contribution >= 4 is 5.69 Å². The molecule has 0 saturated carbocycles. The lowest BCUT2D eigenvalue weighted by molar-refractivity contribution is -0.384. The van der Waals surface area contributed by atoms with Gasteiger partial charge in [0.05, 0.1) is 10.5 Å². The van der Waals surface area contributed by atoms with Gasteiger partial charge in [0.2, 0.25) is 0 Å². The van der Waals surface area contributed by atoms with E-state index in [-0.39, 0.29) is 10.6 Å². The van der Waals surface area contributed by atoms with Crippen LogP contribution >= 0.6 is 0 Å². The van der Waals surface area contributed by atoms with Crippen LogP contribution in [0.2, 0.25) is 0 Å². The summed E-state index contributed by atoms with van der Waals surface area (Å²) >= 11 is 0. The van der Waals surface area contributed by atoms with Gasteiger partial charge in [0.1, 0.15) is 0 Å². The molecule has 0 saturated heterocycles. The second kappa shape index (κ2) is 5.54. The predicted octanol–water partition coefficient (Wildman–Crippen LogP) is 4.32. The maximum atomic E-state index is 11.1. The summed E-state index contributed by atoms with van der Waals surface area (Å²) in [4.78, 5) is 14.7. The lowest BCUT2D eigenvalue weighted by Crippen LogP contribution is -1.91. The Kier molecular flexibility index (Phi) is 3.43. The molecule has 3 rings (SSSR count). The Morgan fingerprint density at radius 3 is 2.00 bits per heavy atom. The van der Waals surface area contributed by atoms with E-state index in [9.17, 15) is 10.1 Å². The van der Waals surface area contributed by atoms with Crippen molar-refractivity contribution in [3.8, 4) is 22.3 Å². The molecule has 0 aliphatic rings. The van der Waals surface area contributed by atoms with Crippen molar-refractivity contribution in [1.82, 2.24) is 4.98 Å². The van der Waals surface area contributed by atoms with Crippen LogP contribution in [-0.4, -0.2) is 9.91 Å². The van der Waals surface area contributed by atoms with Gasteiger partial charge in [-0.3, -0.25) is 15.1 Å². The van der Waals surface area contributed by atoms with Gasteiger partial charge in [0.25, 0.3) is 5.69 Å². The number of hydrogen-bond acceptors (Lipinski definition) is 3. The second-order valence-electron chi connectivity index (χ2n) is 4.59. The Morgan fingerprint density at radius 2 is 1.33 bits per heavy atom. The number of pyridine rings is 1. The highest BCUT2D eigenvalue weighted by molar-refractivity contribution is 5.76. The smallest absolute Gasteiger partial charge is 0.265 e. The minimum absolute atomic E-state index is 0.120. The fourth-order valence-corrected chi connectivity index (χ4v) is 2.26. The zero-order chi connectivity index (χ0) is 14.7. The fraction of sp³-hybridized carbons (Fsp3) is 0. The molecule has 102 valence electrons. The van der Waals surface area contributed by atoms with Gasteiger partial charge in [-0.15, -0.1) is 0 Å². The summed E-state index contributed by atoms with van der Waals surface area (Å²) in [6, 6.07) is 18.3. The first kappa shape index (κ1) is 13.0. The molecule has 0 unspecified atom stereocenters. The average molecular weight is 276 g/mol. The monoisotopic (exact) mass is 276 g/mol. The van der Waals surface area contributed by atoms with Crippen molar-refractivity contribution in [3.63, 3.8) is 0 Å². The van der Waals surface area contributed by atoms with E-state index < -0.39 is 0 Å². The van der Waals surface area contributed by atoms with Crippen LogP contribution in [0.5, 0.6) is 0 Å². The van der Waals surface area contributed by atoms with Crippen molar-refractivity contribution in [1.29, 1.82) is 0 Å². The van der Waals surface area contributed by atoms with E-state index in [0.29, 0.717) is 5.56 Å². The summed E-state index contributed by atoms with van der Waals surface area (Å²) in [7, 11) is 0. The fourth-order valence-electron chi connectivity index (χ4n) is 2.26. The van der Waals surface area contributed by atoms with Gasteiger partial charge in [-0.05, 0) is 34.9 Å². The highest BCUT2D eigenvalue weighted by Gasteiger charge is 2.13. The van der Waals surface area contributed by atoms with Crippen LogP contribution in [0.4, 0.5) is 5.69 Å². The summed E-state index contributed by atoms with van der Waals surface area (Å²) in [6.45, 7) is 0. The molecule has 1 heterocycles. The van der Waals surface area contributed by atoms with E-state index in [1.807, 2.05) is 36.4 Å². The highest BCUT2D eigenvalue weighted by atomic mass is 16.6. The van der Waals surface area contributed by atoms with E-state index in [4.69, 9.17) is 0 Å². The van der Waals surface area contributed by atoms with E-state index in [1.54, 1.807) is 30.6 Å². The Morgan fingerprint density at radius 1 is 0.762 bits per heavy atom. The maximum Gasteiger partial charge on any atom is 0.277 e. The lowest BCUT2D eigenvalue weighted by Gasteiger charge is -2.05. The molecule has 3 aromatic rings. The molecule has 1 aromatic heterocycles. The summed E-state index contributed by atoms with van der Waals surface area (Å²) in [6.07, 6.45) is 3.48. The number of nitro benzene ring substituents is 1. The normalized spacial score (nSPS) is 10.3. The van der Waals surface area contributed by atoms with Crippen molar-refractivity contribution in [3.05, 3.63) is 83.2 Å². The third-order valence-electron chi connectivity index (χ3n) is 3.31. The first-order valence-electron chi connectivity index (χ1n) is 6.50. The van der Waals surface area contributed by atoms with Gasteiger partial charge >= 0.3 is 0 Å². The van der Waals surface area contributed by atoms with E-state index in [1.165, 1.54) is 6.07 Å². The van der Waals surface area contributed by atoms with Crippen LogP contribution in [-0.2, 0) is 0 Å². The van der Waals surface area contributed by atoms with Crippen molar-refractivity contribution < 1.29 is 4.92 Å². The first-order chi connectivity index (χ1) is 10.3. The number of nitro groups is 1. The quantitative estimate of drug-likeness (QED) is 0.528. The Bertz CT molecular complexity index is 768. The molecule has 0 bridgehead atoms. The van der Waals surface area contributed by atoms with Crippen molar-refractivity contribution in [2.75, 3.05) is 0 Å². The van der Waals surface area contributed by atoms with E-state index in [2.05, 4.69) is 4.98 Å². The Hall–Kier alpha value is -3.01. The molecule has 0 N–H and O–H groups in total. The Labute approximate surface area is 121 Å². The van der Waals surface area contributed by atoms with Gasteiger partial charge in [-0.2, -0.15) is 0 Å². The van der Waals surface area contributed by atoms with Crippen LogP contribution in [0.25, 0.3) is 22.3 Å². The van der Waals surface area contributed by atoms with Gasteiger partial charge in [-0.25, -0.2) is 0 Å². The van der Waals surface area contributed by atoms with Crippen LogP contribution in [0.3, 0.4) is 0 Å². The van der Waals surface area contributed by atoms with Crippen LogP contribution in [0.15, 0.2) is 73.1 Å². The number of aromatic nitrogens is 1. The third-order valence-corrected chi connectivity index (χ3v) is 3.31. The number of benzene rings is 2. The Balaban J connectivity index is 2.01. The molecular formula is C17H12N2O2.